The number of aromatic nitrogens is 2. The fourth-order valence-electron chi connectivity index (χ4n) is 3.27. The number of carbonyl (C=O) groups is 1. The molecule has 0 fully saturated rings. The Morgan fingerprint density at radius 1 is 1.25 bits per heavy atom. The van der Waals surface area contributed by atoms with Crippen LogP contribution in [0.5, 0.6) is 0 Å². The van der Waals surface area contributed by atoms with Crippen LogP contribution in [0, 0.1) is 5.82 Å². The van der Waals surface area contributed by atoms with Crippen LogP contribution in [0.4, 0.5) is 9.18 Å². The number of amides is 1. The number of nitrogens with zero attached hydrogens (tertiary/aromatic N) is 2. The van der Waals surface area contributed by atoms with Crippen LogP contribution in [0.3, 0.4) is 0 Å². The van der Waals surface area contributed by atoms with Gasteiger partial charge in [-0.2, -0.15) is 0 Å². The van der Waals surface area contributed by atoms with Crippen molar-refractivity contribution in [1.82, 2.24) is 14.9 Å². The van der Waals surface area contributed by atoms with Crippen LogP contribution in [-0.4, -0.2) is 31.6 Å². The molecule has 0 spiro atoms. The van der Waals surface area contributed by atoms with Gasteiger partial charge in [0.25, 0.3) is 0 Å². The van der Waals surface area contributed by atoms with E-state index in [1.165, 1.54) is 17.0 Å². The zero-order chi connectivity index (χ0) is 20.1. The summed E-state index contributed by atoms with van der Waals surface area (Å²) in [6.45, 7) is 5.53. The van der Waals surface area contributed by atoms with E-state index in [1.54, 1.807) is 6.07 Å². The maximum atomic E-state index is 13.4. The SMILES string of the molecule is CC(C)(C)N(Cc1nc2cc(-c3c[nH]c4cc(F)ccc34)ccc2o1)C(=O)O. The first kappa shape index (κ1) is 18.0. The number of nitrogens with one attached hydrogen (secondary N) is 1. The molecule has 144 valence electrons. The van der Waals surface area contributed by atoms with Gasteiger partial charge in [-0.15, -0.1) is 0 Å². The number of hydrogen-bond donors (Lipinski definition) is 2. The van der Waals surface area contributed by atoms with E-state index in [-0.39, 0.29) is 12.4 Å². The predicted molar refractivity (Wildman–Crippen MR) is 105 cm³/mol. The Labute approximate surface area is 160 Å². The van der Waals surface area contributed by atoms with E-state index >= 15 is 0 Å². The van der Waals surface area contributed by atoms with Crippen LogP contribution in [0.1, 0.15) is 26.7 Å². The van der Waals surface area contributed by atoms with Gasteiger partial charge in [0.05, 0.1) is 0 Å². The molecule has 0 saturated heterocycles. The van der Waals surface area contributed by atoms with Gasteiger partial charge >= 0.3 is 6.09 Å². The highest BCUT2D eigenvalue weighted by Gasteiger charge is 2.28. The van der Waals surface area contributed by atoms with E-state index in [4.69, 9.17) is 4.42 Å². The monoisotopic (exact) mass is 381 g/mol. The highest BCUT2D eigenvalue weighted by atomic mass is 19.1. The topological polar surface area (TPSA) is 82.4 Å². The maximum Gasteiger partial charge on any atom is 0.408 e. The first-order chi connectivity index (χ1) is 13.2. The zero-order valence-electron chi connectivity index (χ0n) is 15.8. The van der Waals surface area contributed by atoms with Crippen molar-refractivity contribution in [3.05, 3.63) is 54.3 Å². The van der Waals surface area contributed by atoms with Gasteiger partial charge in [0.1, 0.15) is 17.9 Å². The van der Waals surface area contributed by atoms with Crippen molar-refractivity contribution >= 4 is 28.1 Å². The average molecular weight is 381 g/mol. The second-order valence-electron chi connectivity index (χ2n) is 7.72. The Balaban J connectivity index is 1.71. The lowest BCUT2D eigenvalue weighted by Crippen LogP contribution is -2.44. The van der Waals surface area contributed by atoms with Gasteiger partial charge in [0.2, 0.25) is 5.89 Å². The third-order valence-electron chi connectivity index (χ3n) is 4.72. The standard InChI is InChI=1S/C21H20FN3O3/c1-21(2,3)25(20(26)27)11-19-24-17-8-12(4-7-18(17)28-19)15-10-23-16-9-13(22)5-6-14(15)16/h4-10,23H,11H2,1-3H3,(H,26,27). The first-order valence-corrected chi connectivity index (χ1v) is 8.89. The van der Waals surface area contributed by atoms with E-state index in [0.717, 1.165) is 22.0 Å². The number of rotatable bonds is 3. The average Bonchev–Trinajstić information content (AvgIpc) is 3.20. The second kappa shape index (κ2) is 6.37. The molecule has 0 unspecified atom stereocenters. The van der Waals surface area contributed by atoms with Crippen molar-refractivity contribution in [2.75, 3.05) is 0 Å². The third-order valence-corrected chi connectivity index (χ3v) is 4.72. The summed E-state index contributed by atoms with van der Waals surface area (Å²) in [6, 6.07) is 10.2. The minimum Gasteiger partial charge on any atom is -0.465 e. The number of aromatic amines is 1. The van der Waals surface area contributed by atoms with Gasteiger partial charge in [0, 0.05) is 28.2 Å². The van der Waals surface area contributed by atoms with E-state index in [0.29, 0.717) is 17.0 Å². The van der Waals surface area contributed by atoms with E-state index in [1.807, 2.05) is 45.2 Å². The number of carboxylic acid groups (broad SMARTS) is 1. The Hall–Kier alpha value is -3.35. The Morgan fingerprint density at radius 2 is 2.04 bits per heavy atom. The predicted octanol–water partition coefficient (Wildman–Crippen LogP) is 5.39. The molecule has 0 atom stereocenters. The van der Waals surface area contributed by atoms with Crippen LogP contribution in [0.25, 0.3) is 33.1 Å². The van der Waals surface area contributed by atoms with Crippen molar-refractivity contribution < 1.29 is 18.7 Å². The molecule has 0 aliphatic heterocycles. The number of fused-ring (bicyclic) bond motifs is 2. The summed E-state index contributed by atoms with van der Waals surface area (Å²) in [5, 5.41) is 10.4. The molecule has 0 saturated carbocycles. The van der Waals surface area contributed by atoms with Crippen molar-refractivity contribution in [2.45, 2.75) is 32.9 Å². The number of hydrogen-bond acceptors (Lipinski definition) is 3. The minimum absolute atomic E-state index is 0.0647. The summed E-state index contributed by atoms with van der Waals surface area (Å²) in [5.41, 5.74) is 3.22. The van der Waals surface area contributed by atoms with Gasteiger partial charge in [-0.3, -0.25) is 4.90 Å². The Morgan fingerprint density at radius 3 is 2.75 bits per heavy atom. The van der Waals surface area contributed by atoms with Crippen molar-refractivity contribution in [3.63, 3.8) is 0 Å². The molecule has 2 N–H and O–H groups in total. The molecule has 7 heteroatoms. The molecule has 0 aliphatic rings. The van der Waals surface area contributed by atoms with Crippen molar-refractivity contribution in [3.8, 4) is 11.1 Å². The van der Waals surface area contributed by atoms with E-state index in [9.17, 15) is 14.3 Å². The molecule has 4 rings (SSSR count). The summed E-state index contributed by atoms with van der Waals surface area (Å²) in [5.74, 6) is 0.0461. The highest BCUT2D eigenvalue weighted by Crippen LogP contribution is 2.31. The van der Waals surface area contributed by atoms with Crippen LogP contribution in [-0.2, 0) is 6.54 Å². The normalized spacial score (nSPS) is 12.0. The lowest BCUT2D eigenvalue weighted by atomic mass is 10.0. The van der Waals surface area contributed by atoms with Gasteiger partial charge in [-0.05, 0) is 56.7 Å². The molecule has 2 heterocycles. The third kappa shape index (κ3) is 3.19. The molecule has 0 radical (unpaired) electrons. The van der Waals surface area contributed by atoms with Gasteiger partial charge in [0.15, 0.2) is 5.58 Å². The Bertz CT molecular complexity index is 1190. The summed E-state index contributed by atoms with van der Waals surface area (Å²) in [7, 11) is 0. The molecular formula is C21H20FN3O3. The van der Waals surface area contributed by atoms with E-state index in [2.05, 4.69) is 9.97 Å². The molecule has 0 bridgehead atoms. The lowest BCUT2D eigenvalue weighted by molar-refractivity contribution is 0.0898. The quantitative estimate of drug-likeness (QED) is 0.498. The summed E-state index contributed by atoms with van der Waals surface area (Å²) >= 11 is 0. The second-order valence-corrected chi connectivity index (χ2v) is 7.72. The fraction of sp³-hybridized carbons (Fsp3) is 0.238. The van der Waals surface area contributed by atoms with Crippen molar-refractivity contribution in [1.29, 1.82) is 0 Å². The molecule has 1 amide bonds. The van der Waals surface area contributed by atoms with Gasteiger partial charge in [-0.25, -0.2) is 14.2 Å². The number of oxazole rings is 1. The minimum atomic E-state index is -1.03. The first-order valence-electron chi connectivity index (χ1n) is 8.89. The highest BCUT2D eigenvalue weighted by molar-refractivity contribution is 5.97. The van der Waals surface area contributed by atoms with Crippen LogP contribution in [0.15, 0.2) is 47.0 Å². The van der Waals surface area contributed by atoms with Crippen LogP contribution >= 0.6 is 0 Å². The molecule has 4 aromatic rings. The molecular weight excluding hydrogens is 361 g/mol. The van der Waals surface area contributed by atoms with Crippen LogP contribution in [0.2, 0.25) is 0 Å². The number of benzene rings is 2. The van der Waals surface area contributed by atoms with Crippen molar-refractivity contribution in [2.24, 2.45) is 0 Å². The van der Waals surface area contributed by atoms with Gasteiger partial charge < -0.3 is 14.5 Å². The largest absolute Gasteiger partial charge is 0.465 e. The smallest absolute Gasteiger partial charge is 0.408 e. The zero-order valence-corrected chi connectivity index (χ0v) is 15.8. The van der Waals surface area contributed by atoms with Gasteiger partial charge in [-0.1, -0.05) is 6.07 Å². The fourth-order valence-corrected chi connectivity index (χ4v) is 3.27. The van der Waals surface area contributed by atoms with Crippen LogP contribution < -0.4 is 0 Å². The molecule has 2 aromatic heterocycles. The molecule has 6 nitrogen and oxygen atoms in total. The number of H-pyrrole nitrogens is 1. The number of halogens is 1. The summed E-state index contributed by atoms with van der Waals surface area (Å²) in [4.78, 5) is 20.4. The summed E-state index contributed by atoms with van der Waals surface area (Å²) < 4.78 is 19.2. The molecule has 2 aromatic carbocycles. The summed E-state index contributed by atoms with van der Waals surface area (Å²) in [6.07, 6.45) is 0.805. The molecule has 0 aliphatic carbocycles. The van der Waals surface area contributed by atoms with E-state index < -0.39 is 11.6 Å². The molecule has 28 heavy (non-hydrogen) atoms. The maximum absolute atomic E-state index is 13.4. The Kier molecular flexibility index (Phi) is 4.10. The lowest BCUT2D eigenvalue weighted by Gasteiger charge is -2.31.